The van der Waals surface area contributed by atoms with Crippen molar-refractivity contribution < 1.29 is 19.0 Å². The van der Waals surface area contributed by atoms with Crippen LogP contribution in [0, 0.1) is 0 Å². The molecule has 8 nitrogen and oxygen atoms in total. The molecule has 0 saturated heterocycles. The van der Waals surface area contributed by atoms with E-state index in [1.54, 1.807) is 18.7 Å². The molecule has 2 heterocycles. The van der Waals surface area contributed by atoms with Gasteiger partial charge in [-0.05, 0) is 47.9 Å². The van der Waals surface area contributed by atoms with Crippen LogP contribution in [0.1, 0.15) is 29.7 Å². The maximum atomic E-state index is 13.4. The van der Waals surface area contributed by atoms with Crippen LogP contribution in [0.15, 0.2) is 84.7 Å². The third-order valence-electron chi connectivity index (χ3n) is 5.97. The maximum absolute atomic E-state index is 13.4. The number of rotatable bonds is 8. The first-order valence-corrected chi connectivity index (χ1v) is 12.1. The summed E-state index contributed by atoms with van der Waals surface area (Å²) in [4.78, 5) is 17.7. The fraction of sp³-hybridized carbons (Fsp3) is 0.179. The largest absolute Gasteiger partial charge is 0.493 e. The van der Waals surface area contributed by atoms with Crippen molar-refractivity contribution in [2.75, 3.05) is 19.0 Å². The normalized spacial score (nSPS) is 14.5. The van der Waals surface area contributed by atoms with Crippen molar-refractivity contribution in [1.29, 1.82) is 0 Å². The summed E-state index contributed by atoms with van der Waals surface area (Å²) in [6, 6.07) is 22.0. The van der Waals surface area contributed by atoms with Gasteiger partial charge in [-0.3, -0.25) is 0 Å². The van der Waals surface area contributed by atoms with Crippen LogP contribution in [0.5, 0.6) is 11.5 Å². The summed E-state index contributed by atoms with van der Waals surface area (Å²) in [5, 5.41) is 8.35. The van der Waals surface area contributed by atoms with Crippen molar-refractivity contribution in [3.63, 3.8) is 0 Å². The van der Waals surface area contributed by atoms with Gasteiger partial charge in [-0.2, -0.15) is 10.1 Å². The summed E-state index contributed by atoms with van der Waals surface area (Å²) in [6.45, 7) is 2.37. The summed E-state index contributed by atoms with van der Waals surface area (Å²) in [6.07, 6.45) is 1.45. The summed E-state index contributed by atoms with van der Waals surface area (Å²) in [7, 11) is 1.58. The molecule has 0 spiro atoms. The number of esters is 1. The highest BCUT2D eigenvalue weighted by molar-refractivity contribution is 6.30. The van der Waals surface area contributed by atoms with Crippen molar-refractivity contribution in [1.82, 2.24) is 14.8 Å². The summed E-state index contributed by atoms with van der Waals surface area (Å²) >= 11 is 5.99. The molecule has 1 unspecified atom stereocenters. The van der Waals surface area contributed by atoms with Gasteiger partial charge < -0.3 is 19.5 Å². The Morgan fingerprint density at radius 3 is 2.57 bits per heavy atom. The molecule has 37 heavy (non-hydrogen) atoms. The average molecular weight is 517 g/mol. The topological polar surface area (TPSA) is 87.5 Å². The summed E-state index contributed by atoms with van der Waals surface area (Å²) < 4.78 is 18.9. The minimum absolute atomic E-state index is 0.238. The predicted molar refractivity (Wildman–Crippen MR) is 141 cm³/mol. The zero-order valence-electron chi connectivity index (χ0n) is 20.3. The van der Waals surface area contributed by atoms with Gasteiger partial charge in [0.1, 0.15) is 19.0 Å². The smallest absolute Gasteiger partial charge is 0.338 e. The Kier molecular flexibility index (Phi) is 7.09. The molecule has 0 aliphatic carbocycles. The van der Waals surface area contributed by atoms with Gasteiger partial charge in [0.25, 0.3) is 0 Å². The van der Waals surface area contributed by atoms with Crippen LogP contribution in [0.4, 0.5) is 5.95 Å². The lowest BCUT2D eigenvalue weighted by atomic mass is 9.92. The average Bonchev–Trinajstić information content (AvgIpc) is 3.41. The first-order valence-electron chi connectivity index (χ1n) is 11.8. The fourth-order valence-corrected chi connectivity index (χ4v) is 4.37. The van der Waals surface area contributed by atoms with Gasteiger partial charge in [-0.25, -0.2) is 9.48 Å². The Labute approximate surface area is 219 Å². The molecule has 5 rings (SSSR count). The first kappa shape index (κ1) is 24.4. The summed E-state index contributed by atoms with van der Waals surface area (Å²) in [5.41, 5.74) is 3.61. The van der Waals surface area contributed by atoms with E-state index in [-0.39, 0.29) is 6.61 Å². The van der Waals surface area contributed by atoms with Crippen LogP contribution in [-0.2, 0) is 16.1 Å². The minimum Gasteiger partial charge on any atom is -0.493 e. The number of carbonyl (C=O) groups is 1. The highest BCUT2D eigenvalue weighted by Crippen LogP contribution is 2.41. The van der Waals surface area contributed by atoms with Crippen molar-refractivity contribution in [3.8, 4) is 11.5 Å². The third kappa shape index (κ3) is 5.01. The summed E-state index contributed by atoms with van der Waals surface area (Å²) in [5.74, 6) is 1.16. The van der Waals surface area contributed by atoms with Crippen LogP contribution in [-0.4, -0.2) is 34.5 Å². The van der Waals surface area contributed by atoms with Gasteiger partial charge in [0.05, 0.1) is 25.0 Å². The Morgan fingerprint density at radius 1 is 1.05 bits per heavy atom. The number of carbonyl (C=O) groups excluding carboxylic acids is 1. The van der Waals surface area contributed by atoms with E-state index in [0.29, 0.717) is 40.3 Å². The van der Waals surface area contributed by atoms with E-state index in [1.165, 1.54) is 6.33 Å². The second kappa shape index (κ2) is 10.8. The van der Waals surface area contributed by atoms with Crippen molar-refractivity contribution in [2.24, 2.45) is 0 Å². The minimum atomic E-state index is -0.604. The number of aromatic nitrogens is 3. The first-order chi connectivity index (χ1) is 18.1. The molecule has 1 N–H and O–H groups in total. The van der Waals surface area contributed by atoms with Gasteiger partial charge in [0, 0.05) is 5.02 Å². The second-order valence-electron chi connectivity index (χ2n) is 8.26. The third-order valence-corrected chi connectivity index (χ3v) is 6.22. The molecule has 0 saturated carbocycles. The number of benzene rings is 3. The number of nitrogens with one attached hydrogen (secondary N) is 1. The van der Waals surface area contributed by atoms with E-state index in [1.807, 2.05) is 72.8 Å². The molecular formula is C28H25ClN4O4. The molecule has 0 amide bonds. The van der Waals surface area contributed by atoms with Crippen LogP contribution in [0.25, 0.3) is 5.70 Å². The van der Waals surface area contributed by atoms with Crippen LogP contribution >= 0.6 is 11.6 Å². The number of nitrogens with zero attached hydrogens (tertiary/aromatic N) is 3. The fourth-order valence-electron chi connectivity index (χ4n) is 4.24. The van der Waals surface area contributed by atoms with Crippen LogP contribution in [0.2, 0.25) is 5.02 Å². The maximum Gasteiger partial charge on any atom is 0.338 e. The Balaban J connectivity index is 1.56. The molecular weight excluding hydrogens is 492 g/mol. The monoisotopic (exact) mass is 516 g/mol. The number of methoxy groups -OCH3 is 1. The van der Waals surface area contributed by atoms with E-state index >= 15 is 0 Å². The van der Waals surface area contributed by atoms with E-state index in [9.17, 15) is 4.79 Å². The highest BCUT2D eigenvalue weighted by Gasteiger charge is 2.36. The van der Waals surface area contributed by atoms with Crippen LogP contribution in [0.3, 0.4) is 0 Å². The van der Waals surface area contributed by atoms with E-state index < -0.39 is 12.0 Å². The lowest BCUT2D eigenvalue weighted by Gasteiger charge is -2.30. The van der Waals surface area contributed by atoms with Gasteiger partial charge in [-0.1, -0.05) is 60.1 Å². The molecule has 0 bridgehead atoms. The predicted octanol–water partition coefficient (Wildman–Crippen LogP) is 5.51. The number of halogens is 1. The second-order valence-corrected chi connectivity index (χ2v) is 8.69. The van der Waals surface area contributed by atoms with Gasteiger partial charge in [0.15, 0.2) is 11.5 Å². The van der Waals surface area contributed by atoms with Gasteiger partial charge in [-0.15, -0.1) is 0 Å². The molecule has 3 aromatic carbocycles. The van der Waals surface area contributed by atoms with Crippen molar-refractivity contribution >= 4 is 29.2 Å². The van der Waals surface area contributed by atoms with Crippen molar-refractivity contribution in [3.05, 3.63) is 106 Å². The lowest BCUT2D eigenvalue weighted by Crippen LogP contribution is -2.30. The molecule has 9 heteroatoms. The highest BCUT2D eigenvalue weighted by atomic mass is 35.5. The van der Waals surface area contributed by atoms with Crippen molar-refractivity contribution in [2.45, 2.75) is 19.6 Å². The molecule has 188 valence electrons. The van der Waals surface area contributed by atoms with Crippen LogP contribution < -0.4 is 14.8 Å². The van der Waals surface area contributed by atoms with E-state index in [0.717, 1.165) is 16.7 Å². The SMILES string of the molecule is CCOC(=O)C1=C(c2ccccc2)Nc2ncnn2C1c1ccc(OCc2ccc(Cl)cc2)c(OC)c1. The Hall–Kier alpha value is -4.30. The number of anilines is 1. The zero-order valence-corrected chi connectivity index (χ0v) is 21.1. The van der Waals surface area contributed by atoms with E-state index in [2.05, 4.69) is 15.4 Å². The molecule has 1 aromatic heterocycles. The number of fused-ring (bicyclic) bond motifs is 1. The number of ether oxygens (including phenoxy) is 3. The van der Waals surface area contributed by atoms with Gasteiger partial charge >= 0.3 is 5.97 Å². The molecule has 1 aliphatic rings. The van der Waals surface area contributed by atoms with Gasteiger partial charge in [0.2, 0.25) is 5.95 Å². The molecule has 1 atom stereocenters. The molecule has 1 aliphatic heterocycles. The standard InChI is InChI=1S/C28H25ClN4O4/c1-3-36-27(34)24-25(19-7-5-4-6-8-19)32-28-30-17-31-33(28)26(24)20-11-14-22(23(15-20)35-2)37-16-18-9-12-21(29)13-10-18/h4-15,17,26H,3,16H2,1-2H3,(H,30,31,32). The number of hydrogen-bond acceptors (Lipinski definition) is 7. The quantitative estimate of drug-likeness (QED) is 0.309. The zero-order chi connectivity index (χ0) is 25.8. The lowest BCUT2D eigenvalue weighted by molar-refractivity contribution is -0.138. The molecule has 0 fully saturated rings. The Morgan fingerprint density at radius 2 is 1.84 bits per heavy atom. The molecule has 4 aromatic rings. The Bertz CT molecular complexity index is 1430. The van der Waals surface area contributed by atoms with E-state index in [4.69, 9.17) is 25.8 Å². The molecule has 0 radical (unpaired) electrons. The number of hydrogen-bond donors (Lipinski definition) is 1.